The first-order valence-corrected chi connectivity index (χ1v) is 9.05. The molecule has 6 heteroatoms. The van der Waals surface area contributed by atoms with Crippen molar-refractivity contribution in [1.29, 1.82) is 0 Å². The Bertz CT molecular complexity index is 263. The van der Waals surface area contributed by atoms with Crippen molar-refractivity contribution in [2.24, 2.45) is 5.28 Å². The van der Waals surface area contributed by atoms with Gasteiger partial charge in [-0.15, -0.1) is 5.01 Å². The maximum atomic E-state index is 9.49. The third kappa shape index (κ3) is 12.7. The molecule has 0 aliphatic heterocycles. The van der Waals surface area contributed by atoms with Crippen LogP contribution in [-0.4, -0.2) is 46.6 Å². The SMILES string of the molecule is CCCCCNCCCCCCN(CCCCC)[N+](O)=NO. The summed E-state index contributed by atoms with van der Waals surface area (Å²) in [5, 5.41) is 26.2. The molecule has 132 valence electrons. The maximum absolute atomic E-state index is 9.49. The number of hydrogen-bond donors (Lipinski definition) is 3. The van der Waals surface area contributed by atoms with E-state index < -0.39 is 0 Å². The fourth-order valence-electron chi connectivity index (χ4n) is 2.41. The number of nitrogens with one attached hydrogen (secondary N) is 1. The second kappa shape index (κ2) is 16.3. The van der Waals surface area contributed by atoms with Crippen LogP contribution in [0.15, 0.2) is 5.28 Å². The van der Waals surface area contributed by atoms with E-state index in [4.69, 9.17) is 5.21 Å². The molecule has 0 aromatic carbocycles. The Morgan fingerprint density at radius 1 is 0.818 bits per heavy atom. The van der Waals surface area contributed by atoms with Crippen LogP contribution >= 0.6 is 0 Å². The van der Waals surface area contributed by atoms with Gasteiger partial charge in [-0.05, 0) is 38.8 Å². The van der Waals surface area contributed by atoms with Gasteiger partial charge in [-0.1, -0.05) is 52.4 Å². The lowest BCUT2D eigenvalue weighted by Gasteiger charge is -2.12. The highest BCUT2D eigenvalue weighted by molar-refractivity contribution is 4.52. The fourth-order valence-corrected chi connectivity index (χ4v) is 2.41. The summed E-state index contributed by atoms with van der Waals surface area (Å²) >= 11 is 0. The summed E-state index contributed by atoms with van der Waals surface area (Å²) in [5.74, 6) is 0. The minimum absolute atomic E-state index is 0.574. The largest absolute Gasteiger partial charge is 0.357 e. The minimum atomic E-state index is 0.574. The van der Waals surface area contributed by atoms with Crippen LogP contribution < -0.4 is 5.32 Å². The molecule has 0 radical (unpaired) electrons. The number of nitrogens with zero attached hydrogens (tertiary/aromatic N) is 3. The molecule has 0 aliphatic rings. The summed E-state index contributed by atoms with van der Waals surface area (Å²) in [6.07, 6.45) is 11.7. The summed E-state index contributed by atoms with van der Waals surface area (Å²) in [6, 6.07) is 0. The Morgan fingerprint density at radius 2 is 1.32 bits per heavy atom. The summed E-state index contributed by atoms with van der Waals surface area (Å²) in [5.41, 5.74) is 0. The van der Waals surface area contributed by atoms with E-state index in [0.29, 0.717) is 4.97 Å². The first-order chi connectivity index (χ1) is 10.8. The van der Waals surface area contributed by atoms with Crippen LogP contribution in [0, 0.1) is 0 Å². The van der Waals surface area contributed by atoms with Gasteiger partial charge in [0.2, 0.25) is 0 Å². The summed E-state index contributed by atoms with van der Waals surface area (Å²) < 4.78 is 0. The second-order valence-corrected chi connectivity index (χ2v) is 5.89. The highest BCUT2D eigenvalue weighted by Gasteiger charge is 2.16. The number of rotatable bonds is 16. The van der Waals surface area contributed by atoms with Gasteiger partial charge in [-0.2, -0.15) is 0 Å². The Labute approximate surface area is 136 Å². The van der Waals surface area contributed by atoms with Gasteiger partial charge in [0.25, 0.3) is 10.2 Å². The molecular formula is C16H37N4O2+. The zero-order chi connectivity index (χ0) is 16.5. The lowest BCUT2D eigenvalue weighted by atomic mass is 10.2. The molecule has 3 N–H and O–H groups in total. The lowest BCUT2D eigenvalue weighted by Crippen LogP contribution is -2.34. The van der Waals surface area contributed by atoms with Gasteiger partial charge >= 0.3 is 0 Å². The number of unbranched alkanes of at least 4 members (excludes halogenated alkanes) is 7. The van der Waals surface area contributed by atoms with Gasteiger partial charge in [-0.3, -0.25) is 0 Å². The molecule has 0 rings (SSSR count). The Kier molecular flexibility index (Phi) is 15.6. The van der Waals surface area contributed by atoms with Gasteiger partial charge in [0.15, 0.2) is 0 Å². The lowest BCUT2D eigenvalue weighted by molar-refractivity contribution is -0.941. The molecule has 6 nitrogen and oxygen atoms in total. The van der Waals surface area contributed by atoms with Crippen molar-refractivity contribution < 1.29 is 15.4 Å². The predicted octanol–water partition coefficient (Wildman–Crippen LogP) is 3.98. The fraction of sp³-hybridized carbons (Fsp3) is 1.00. The van der Waals surface area contributed by atoms with Gasteiger partial charge in [0.05, 0.1) is 13.1 Å². The normalized spacial score (nSPS) is 11.8. The summed E-state index contributed by atoms with van der Waals surface area (Å²) in [7, 11) is 0. The molecule has 0 heterocycles. The van der Waals surface area contributed by atoms with Crippen LogP contribution in [0.5, 0.6) is 0 Å². The Balaban J connectivity index is 3.55. The van der Waals surface area contributed by atoms with Crippen LogP contribution in [-0.2, 0) is 0 Å². The van der Waals surface area contributed by atoms with Crippen molar-refractivity contribution in [2.75, 3.05) is 26.2 Å². The number of hydrazine groups is 1. The highest BCUT2D eigenvalue weighted by atomic mass is 16.6. The molecule has 0 fully saturated rings. The average molecular weight is 317 g/mol. The summed E-state index contributed by atoms with van der Waals surface area (Å²) in [6.45, 7) is 8.07. The molecule has 0 bridgehead atoms. The maximum Gasteiger partial charge on any atom is 0.271 e. The zero-order valence-electron chi connectivity index (χ0n) is 14.6. The molecule has 0 aromatic heterocycles. The van der Waals surface area contributed by atoms with Crippen LogP contribution in [0.2, 0.25) is 0 Å². The van der Waals surface area contributed by atoms with E-state index in [1.807, 2.05) is 0 Å². The quantitative estimate of drug-likeness (QED) is 0.174. The van der Waals surface area contributed by atoms with Crippen LogP contribution in [0.3, 0.4) is 0 Å². The zero-order valence-corrected chi connectivity index (χ0v) is 14.6. The van der Waals surface area contributed by atoms with Crippen molar-refractivity contribution in [3.05, 3.63) is 0 Å². The van der Waals surface area contributed by atoms with Crippen LogP contribution in [0.1, 0.15) is 78.1 Å². The molecule has 0 unspecified atom stereocenters. The smallest absolute Gasteiger partial charge is 0.271 e. The Morgan fingerprint density at radius 3 is 1.91 bits per heavy atom. The van der Waals surface area contributed by atoms with E-state index in [2.05, 4.69) is 24.4 Å². The standard InChI is InChI=1S/C16H36N4O2/c1-3-5-9-13-17-14-10-7-8-12-16-19(20(22)18-21)15-11-6-4-2/h17,22H,3-16H2,1-2H3/p+1. The molecule has 0 aliphatic carbocycles. The van der Waals surface area contributed by atoms with E-state index in [1.165, 1.54) is 32.1 Å². The Hall–Kier alpha value is -1.04. The molecule has 22 heavy (non-hydrogen) atoms. The van der Waals surface area contributed by atoms with Crippen LogP contribution in [0.25, 0.3) is 0 Å². The molecule has 0 saturated heterocycles. The molecule has 0 saturated carbocycles. The van der Waals surface area contributed by atoms with Gasteiger partial charge in [0.1, 0.15) is 0 Å². The topological polar surface area (TPSA) is 71.1 Å². The molecule has 0 aromatic rings. The monoisotopic (exact) mass is 317 g/mol. The molecular weight excluding hydrogens is 280 g/mol. The third-order valence-corrected chi connectivity index (χ3v) is 3.83. The van der Waals surface area contributed by atoms with Gasteiger partial charge in [0, 0.05) is 0 Å². The van der Waals surface area contributed by atoms with E-state index in [-0.39, 0.29) is 0 Å². The first-order valence-electron chi connectivity index (χ1n) is 9.05. The minimum Gasteiger partial charge on any atom is -0.357 e. The summed E-state index contributed by atoms with van der Waals surface area (Å²) in [4.78, 5) is 0.574. The van der Waals surface area contributed by atoms with Gasteiger partial charge in [-0.25, -0.2) is 5.21 Å². The van der Waals surface area contributed by atoms with E-state index in [1.54, 1.807) is 5.01 Å². The van der Waals surface area contributed by atoms with Crippen LogP contribution in [0.4, 0.5) is 0 Å². The molecule has 0 atom stereocenters. The predicted molar refractivity (Wildman–Crippen MR) is 88.2 cm³/mol. The van der Waals surface area contributed by atoms with Gasteiger partial charge < -0.3 is 10.5 Å². The van der Waals surface area contributed by atoms with Crippen molar-refractivity contribution in [1.82, 2.24) is 10.3 Å². The first kappa shape index (κ1) is 21.0. The van der Waals surface area contributed by atoms with E-state index in [0.717, 1.165) is 58.3 Å². The average Bonchev–Trinajstić information content (AvgIpc) is 2.54. The second-order valence-electron chi connectivity index (χ2n) is 5.89. The number of hydrogen-bond acceptors (Lipinski definition) is 2. The molecule has 0 spiro atoms. The van der Waals surface area contributed by atoms with Crippen molar-refractivity contribution >= 4 is 0 Å². The van der Waals surface area contributed by atoms with E-state index >= 15 is 0 Å². The van der Waals surface area contributed by atoms with Crippen molar-refractivity contribution in [3.63, 3.8) is 0 Å². The third-order valence-electron chi connectivity index (χ3n) is 3.83. The molecule has 0 amide bonds. The van der Waals surface area contributed by atoms with Crippen molar-refractivity contribution in [3.8, 4) is 0 Å². The van der Waals surface area contributed by atoms with E-state index in [9.17, 15) is 5.21 Å². The van der Waals surface area contributed by atoms with Crippen molar-refractivity contribution in [2.45, 2.75) is 78.1 Å². The highest BCUT2D eigenvalue weighted by Crippen LogP contribution is 2.04.